The highest BCUT2D eigenvalue weighted by atomic mass is 16.7. The van der Waals surface area contributed by atoms with E-state index in [0.29, 0.717) is 13.2 Å². The minimum Gasteiger partial charge on any atom is -0.494 e. The van der Waals surface area contributed by atoms with Crippen molar-refractivity contribution in [3.8, 4) is 5.75 Å². The third-order valence-electron chi connectivity index (χ3n) is 6.36. The number of ether oxygens (including phenoxy) is 3. The van der Waals surface area contributed by atoms with Gasteiger partial charge in [0.1, 0.15) is 61.1 Å². The minimum atomic E-state index is -1.65. The summed E-state index contributed by atoms with van der Waals surface area (Å²) in [6.07, 6.45) is -9.60. The van der Waals surface area contributed by atoms with Crippen molar-refractivity contribution < 1.29 is 54.9 Å². The van der Waals surface area contributed by atoms with E-state index in [0.717, 1.165) is 23.5 Å². The number of para-hydroxylation sites is 1. The van der Waals surface area contributed by atoms with Crippen LogP contribution >= 0.6 is 0 Å². The van der Waals surface area contributed by atoms with Gasteiger partial charge < -0.3 is 54.9 Å². The zero-order chi connectivity index (χ0) is 24.0. The van der Waals surface area contributed by atoms with Crippen LogP contribution in [0.2, 0.25) is 0 Å². The minimum absolute atomic E-state index is 0.195. The molecule has 1 aromatic carbocycles. The van der Waals surface area contributed by atoms with Gasteiger partial charge in [-0.3, -0.25) is 0 Å². The van der Waals surface area contributed by atoms with Crippen LogP contribution in [0.5, 0.6) is 5.75 Å². The molecule has 2 saturated heterocycles. The van der Waals surface area contributed by atoms with Gasteiger partial charge in [0, 0.05) is 0 Å². The molecule has 8 N–H and O–H groups in total. The topological polar surface area (TPSA) is 174 Å². The first-order valence-corrected chi connectivity index (χ1v) is 11.3. The molecule has 2 fully saturated rings. The molecule has 2 heterocycles. The third kappa shape index (κ3) is 6.40. The van der Waals surface area contributed by atoms with E-state index < -0.39 is 61.7 Å². The Hall–Kier alpha value is -1.38. The van der Waals surface area contributed by atoms with Crippen molar-refractivity contribution in [2.45, 2.75) is 67.9 Å². The molecule has 0 bridgehead atoms. The maximum Gasteiger partial charge on any atom is 0.187 e. The predicted octanol–water partition coefficient (Wildman–Crippen LogP) is -3.99. The van der Waals surface area contributed by atoms with Crippen molar-refractivity contribution in [3.63, 3.8) is 0 Å². The number of nitrogens with one attached hydrogen (secondary N) is 1. The van der Waals surface area contributed by atoms with Crippen molar-refractivity contribution >= 4 is 0 Å². The van der Waals surface area contributed by atoms with Gasteiger partial charge in [0.15, 0.2) is 6.29 Å². The molecule has 188 valence electrons. The summed E-state index contributed by atoms with van der Waals surface area (Å²) in [5, 5.41) is 70.5. The number of rotatable bonds is 10. The molecule has 0 aromatic heterocycles. The lowest BCUT2D eigenvalue weighted by atomic mass is 9.93. The Labute approximate surface area is 192 Å². The van der Waals surface area contributed by atoms with Gasteiger partial charge in [-0.2, -0.15) is 0 Å². The number of piperidine rings is 1. The quantitative estimate of drug-likeness (QED) is 0.156. The average molecular weight is 475 g/mol. The molecule has 0 spiro atoms. The Morgan fingerprint density at radius 1 is 0.879 bits per heavy atom. The highest BCUT2D eigenvalue weighted by Crippen LogP contribution is 2.25. The molecule has 11 heteroatoms. The summed E-state index contributed by atoms with van der Waals surface area (Å²) < 4.78 is 16.8. The Balaban J connectivity index is 1.57. The van der Waals surface area contributed by atoms with Crippen LogP contribution in [-0.2, 0) is 9.47 Å². The van der Waals surface area contributed by atoms with Crippen molar-refractivity contribution in [1.82, 2.24) is 0 Å². The molecular formula is C22H36NO10+. The maximum absolute atomic E-state index is 10.5. The molecule has 10 atom stereocenters. The van der Waals surface area contributed by atoms with Crippen LogP contribution < -0.4 is 9.64 Å². The molecule has 33 heavy (non-hydrogen) atoms. The fourth-order valence-corrected chi connectivity index (χ4v) is 4.42. The maximum atomic E-state index is 10.5. The van der Waals surface area contributed by atoms with Crippen molar-refractivity contribution in [3.05, 3.63) is 30.3 Å². The summed E-state index contributed by atoms with van der Waals surface area (Å²) in [6.45, 7) is 0.299. The van der Waals surface area contributed by atoms with E-state index in [1.807, 2.05) is 30.3 Å². The molecule has 0 aliphatic carbocycles. The van der Waals surface area contributed by atoms with Gasteiger partial charge in [-0.05, 0) is 25.0 Å². The summed E-state index contributed by atoms with van der Waals surface area (Å²) in [6, 6.07) is 8.80. The first kappa shape index (κ1) is 26.2. The van der Waals surface area contributed by atoms with Crippen molar-refractivity contribution in [2.75, 3.05) is 32.9 Å². The summed E-state index contributed by atoms with van der Waals surface area (Å²) >= 11 is 0. The van der Waals surface area contributed by atoms with E-state index in [9.17, 15) is 35.7 Å². The van der Waals surface area contributed by atoms with Gasteiger partial charge in [-0.15, -0.1) is 0 Å². The molecule has 1 aromatic rings. The number of aliphatic hydroxyl groups is 7. The van der Waals surface area contributed by atoms with E-state index in [1.165, 1.54) is 0 Å². The van der Waals surface area contributed by atoms with Crippen molar-refractivity contribution in [2.24, 2.45) is 0 Å². The van der Waals surface area contributed by atoms with Crippen LogP contribution in [0.15, 0.2) is 30.3 Å². The van der Waals surface area contributed by atoms with Gasteiger partial charge in [0.05, 0.1) is 26.4 Å². The molecular weight excluding hydrogens is 438 g/mol. The number of benzene rings is 1. The molecule has 3 rings (SSSR count). The van der Waals surface area contributed by atoms with Crippen LogP contribution in [0.1, 0.15) is 12.8 Å². The lowest BCUT2D eigenvalue weighted by Crippen LogP contribution is -3.20. The molecule has 2 aliphatic heterocycles. The van der Waals surface area contributed by atoms with Crippen LogP contribution in [0.4, 0.5) is 0 Å². The number of hydrogen-bond donors (Lipinski definition) is 8. The van der Waals surface area contributed by atoms with E-state index >= 15 is 0 Å². The SMILES string of the molecule is OC[C@@H]1[C@@H](O[C@H]2O[C@H](CO)[C@@H](O)[C@H](O)[C@H]2O)[C@H](O)[C@@H](O)C[NH+]1CCCCOc1ccccc1. The molecule has 1 unspecified atom stereocenters. The van der Waals surface area contributed by atoms with Gasteiger partial charge in [0.25, 0.3) is 0 Å². The second kappa shape index (κ2) is 12.4. The molecule has 0 saturated carbocycles. The summed E-state index contributed by atoms with van der Waals surface area (Å²) in [7, 11) is 0. The molecule has 2 aliphatic rings. The van der Waals surface area contributed by atoms with Crippen LogP contribution in [0.3, 0.4) is 0 Å². The summed E-state index contributed by atoms with van der Waals surface area (Å²) in [4.78, 5) is 0.810. The Morgan fingerprint density at radius 2 is 1.61 bits per heavy atom. The van der Waals surface area contributed by atoms with Crippen LogP contribution in [-0.4, -0.2) is 124 Å². The smallest absolute Gasteiger partial charge is 0.187 e. The lowest BCUT2D eigenvalue weighted by Gasteiger charge is -2.46. The van der Waals surface area contributed by atoms with Gasteiger partial charge in [-0.25, -0.2) is 0 Å². The Bertz CT molecular complexity index is 695. The monoisotopic (exact) mass is 474 g/mol. The van der Waals surface area contributed by atoms with E-state index in [-0.39, 0.29) is 13.2 Å². The largest absolute Gasteiger partial charge is 0.494 e. The highest BCUT2D eigenvalue weighted by Gasteiger charge is 2.51. The molecule has 11 nitrogen and oxygen atoms in total. The number of quaternary nitrogens is 1. The molecule has 0 amide bonds. The number of aliphatic hydroxyl groups excluding tert-OH is 7. The summed E-state index contributed by atoms with van der Waals surface area (Å²) in [5.41, 5.74) is 0. The molecule has 0 radical (unpaired) electrons. The standard InChI is InChI=1S/C22H35NO10/c24-11-14-21(33-22-20(30)19(29)18(28)16(12-25)32-22)17(27)15(26)10-23(14)8-4-5-9-31-13-6-2-1-3-7-13/h1-3,6-7,14-22,24-30H,4-5,8-12H2/p+1/t14-,15+,16-,17-,18-,19+,20-,21-,22-/m1/s1. The fourth-order valence-electron chi connectivity index (χ4n) is 4.42. The Morgan fingerprint density at radius 3 is 2.27 bits per heavy atom. The predicted molar refractivity (Wildman–Crippen MR) is 113 cm³/mol. The zero-order valence-electron chi connectivity index (χ0n) is 18.4. The highest BCUT2D eigenvalue weighted by molar-refractivity contribution is 5.20. The number of likely N-dealkylation sites (tertiary alicyclic amines) is 1. The second-order valence-corrected chi connectivity index (χ2v) is 8.63. The number of hydrogen-bond acceptors (Lipinski definition) is 10. The first-order chi connectivity index (χ1) is 15.9. The van der Waals surface area contributed by atoms with E-state index in [4.69, 9.17) is 14.2 Å². The normalized spacial score (nSPS) is 39.4. The number of unbranched alkanes of at least 4 members (excludes halogenated alkanes) is 1. The van der Waals surface area contributed by atoms with Gasteiger partial charge in [-0.1, -0.05) is 18.2 Å². The van der Waals surface area contributed by atoms with Crippen LogP contribution in [0.25, 0.3) is 0 Å². The second-order valence-electron chi connectivity index (χ2n) is 8.63. The van der Waals surface area contributed by atoms with E-state index in [1.54, 1.807) is 0 Å². The fraction of sp³-hybridized carbons (Fsp3) is 0.727. The average Bonchev–Trinajstić information content (AvgIpc) is 2.82. The van der Waals surface area contributed by atoms with Gasteiger partial charge in [0.2, 0.25) is 0 Å². The van der Waals surface area contributed by atoms with Crippen LogP contribution in [0, 0.1) is 0 Å². The summed E-state index contributed by atoms with van der Waals surface area (Å²) in [5.74, 6) is 0.780. The van der Waals surface area contributed by atoms with Crippen molar-refractivity contribution in [1.29, 1.82) is 0 Å². The lowest BCUT2D eigenvalue weighted by molar-refractivity contribution is -0.940. The Kier molecular flexibility index (Phi) is 9.82. The zero-order valence-corrected chi connectivity index (χ0v) is 18.4. The van der Waals surface area contributed by atoms with E-state index in [2.05, 4.69) is 0 Å². The first-order valence-electron chi connectivity index (χ1n) is 11.3. The van der Waals surface area contributed by atoms with Gasteiger partial charge >= 0.3 is 0 Å². The third-order valence-corrected chi connectivity index (χ3v) is 6.36.